The van der Waals surface area contributed by atoms with E-state index in [9.17, 15) is 5.11 Å². The molecule has 0 radical (unpaired) electrons. The molecule has 0 bridgehead atoms. The van der Waals surface area contributed by atoms with E-state index in [1.165, 1.54) is 32.1 Å². The second-order valence-corrected chi connectivity index (χ2v) is 7.84. The molecule has 2 aliphatic rings. The van der Waals surface area contributed by atoms with Crippen LogP contribution in [0.15, 0.2) is 0 Å². The lowest BCUT2D eigenvalue weighted by Gasteiger charge is -2.40. The van der Waals surface area contributed by atoms with E-state index in [0.717, 1.165) is 25.8 Å². The zero-order valence-corrected chi connectivity index (χ0v) is 14.0. The van der Waals surface area contributed by atoms with Crippen molar-refractivity contribution in [2.45, 2.75) is 68.2 Å². The molecule has 0 aliphatic heterocycles. The Labute approximate surface area is 133 Å². The summed E-state index contributed by atoms with van der Waals surface area (Å²) >= 11 is 12.6. The van der Waals surface area contributed by atoms with Gasteiger partial charge in [0.25, 0.3) is 0 Å². The van der Waals surface area contributed by atoms with Gasteiger partial charge in [-0.25, -0.2) is 0 Å². The van der Waals surface area contributed by atoms with Gasteiger partial charge in [-0.1, -0.05) is 19.3 Å². The third-order valence-corrected chi connectivity index (χ3v) is 6.48. The highest BCUT2D eigenvalue weighted by atomic mass is 35.5. The largest absolute Gasteiger partial charge is 0.392 e. The van der Waals surface area contributed by atoms with Crippen LogP contribution in [0.4, 0.5) is 0 Å². The average molecular weight is 322 g/mol. The van der Waals surface area contributed by atoms with Gasteiger partial charge in [0.15, 0.2) is 0 Å². The van der Waals surface area contributed by atoms with Gasteiger partial charge in [-0.15, -0.1) is 23.2 Å². The van der Waals surface area contributed by atoms with E-state index in [-0.39, 0.29) is 16.9 Å². The Morgan fingerprint density at radius 2 is 1.70 bits per heavy atom. The molecule has 0 aromatic heterocycles. The van der Waals surface area contributed by atoms with Crippen molar-refractivity contribution in [3.8, 4) is 0 Å². The van der Waals surface area contributed by atoms with Crippen molar-refractivity contribution >= 4 is 23.2 Å². The van der Waals surface area contributed by atoms with Crippen molar-refractivity contribution in [3.05, 3.63) is 0 Å². The second-order valence-electron chi connectivity index (χ2n) is 6.72. The third-order valence-electron chi connectivity index (χ3n) is 5.35. The Kier molecular flexibility index (Phi) is 6.93. The Balaban J connectivity index is 1.97. The first-order chi connectivity index (χ1) is 9.63. The monoisotopic (exact) mass is 321 g/mol. The zero-order valence-electron chi connectivity index (χ0n) is 12.5. The third kappa shape index (κ3) is 4.25. The predicted octanol–water partition coefficient (Wildman–Crippen LogP) is 3.78. The Hall–Kier alpha value is 0.500. The first-order valence-corrected chi connectivity index (χ1v) is 9.11. The lowest BCUT2D eigenvalue weighted by Crippen LogP contribution is -2.43. The number of nitrogens with one attached hydrogen (secondary N) is 1. The minimum Gasteiger partial charge on any atom is -0.392 e. The van der Waals surface area contributed by atoms with Gasteiger partial charge < -0.3 is 10.4 Å². The van der Waals surface area contributed by atoms with Crippen LogP contribution in [-0.2, 0) is 0 Å². The van der Waals surface area contributed by atoms with Gasteiger partial charge in [-0.2, -0.15) is 0 Å². The summed E-state index contributed by atoms with van der Waals surface area (Å²) in [6.07, 6.45) is 9.13. The van der Waals surface area contributed by atoms with Gasteiger partial charge >= 0.3 is 0 Å². The number of hydrogen-bond acceptors (Lipinski definition) is 2. The Morgan fingerprint density at radius 1 is 1.00 bits per heavy atom. The van der Waals surface area contributed by atoms with Crippen molar-refractivity contribution in [1.82, 2.24) is 5.32 Å². The molecule has 0 aromatic carbocycles. The summed E-state index contributed by atoms with van der Waals surface area (Å²) in [6.45, 7) is 0.888. The zero-order chi connectivity index (χ0) is 14.5. The average Bonchev–Trinajstić information content (AvgIpc) is 2.48. The molecule has 0 spiro atoms. The molecular weight excluding hydrogens is 293 g/mol. The highest BCUT2D eigenvalue weighted by Crippen LogP contribution is 2.40. The van der Waals surface area contributed by atoms with Gasteiger partial charge in [-0.3, -0.25) is 0 Å². The summed E-state index contributed by atoms with van der Waals surface area (Å²) in [7, 11) is 1.98. The molecule has 2 saturated carbocycles. The maximum Gasteiger partial charge on any atom is 0.0611 e. The van der Waals surface area contributed by atoms with Crippen molar-refractivity contribution in [2.24, 2.45) is 17.8 Å². The molecule has 3 unspecified atom stereocenters. The molecule has 2 rings (SSSR count). The van der Waals surface area contributed by atoms with E-state index in [1.54, 1.807) is 0 Å². The van der Waals surface area contributed by atoms with E-state index >= 15 is 0 Å². The molecule has 0 saturated heterocycles. The van der Waals surface area contributed by atoms with E-state index in [4.69, 9.17) is 23.2 Å². The molecule has 4 heteroatoms. The minimum atomic E-state index is -0.177. The summed E-state index contributed by atoms with van der Waals surface area (Å²) in [5, 5.41) is 14.3. The summed E-state index contributed by atoms with van der Waals surface area (Å²) in [5.74, 6) is 1.33. The molecule has 5 atom stereocenters. The van der Waals surface area contributed by atoms with Crippen LogP contribution in [0.2, 0.25) is 0 Å². The molecule has 2 fully saturated rings. The predicted molar refractivity (Wildman–Crippen MR) is 86.6 cm³/mol. The lowest BCUT2D eigenvalue weighted by atomic mass is 9.71. The molecule has 2 N–H and O–H groups in total. The van der Waals surface area contributed by atoms with Gasteiger partial charge in [-0.05, 0) is 51.0 Å². The molecule has 20 heavy (non-hydrogen) atoms. The van der Waals surface area contributed by atoms with Crippen LogP contribution in [0.1, 0.15) is 51.4 Å². The summed E-state index contributed by atoms with van der Waals surface area (Å²) < 4.78 is 0. The Morgan fingerprint density at radius 3 is 2.30 bits per heavy atom. The van der Waals surface area contributed by atoms with Gasteiger partial charge in [0.1, 0.15) is 0 Å². The topological polar surface area (TPSA) is 32.3 Å². The molecule has 118 valence electrons. The van der Waals surface area contributed by atoms with Crippen molar-refractivity contribution in [2.75, 3.05) is 13.6 Å². The second kappa shape index (κ2) is 8.22. The van der Waals surface area contributed by atoms with Gasteiger partial charge in [0, 0.05) is 17.8 Å². The van der Waals surface area contributed by atoms with E-state index < -0.39 is 0 Å². The van der Waals surface area contributed by atoms with Crippen molar-refractivity contribution in [3.63, 3.8) is 0 Å². The highest BCUT2D eigenvalue weighted by molar-refractivity contribution is 6.30. The SMILES string of the molecule is CNC[C@H](C1CCC(Cl)C(Cl)C1)[C@H](O)C1CCCCC1. The quantitative estimate of drug-likeness (QED) is 0.755. The van der Waals surface area contributed by atoms with Gasteiger partial charge in [0.2, 0.25) is 0 Å². The minimum absolute atomic E-state index is 0.0633. The van der Waals surface area contributed by atoms with Crippen molar-refractivity contribution in [1.29, 1.82) is 0 Å². The first-order valence-electron chi connectivity index (χ1n) is 8.24. The standard InChI is InChI=1S/C16H29Cl2NO/c1-19-10-13(12-7-8-14(17)15(18)9-12)16(20)11-5-3-2-4-6-11/h11-16,19-20H,2-10H2,1H3/t12?,13-,14?,15?,16-/m1/s1. The number of alkyl halides is 2. The fourth-order valence-corrected chi connectivity index (χ4v) is 4.71. The number of aliphatic hydroxyl groups is 1. The number of halogens is 2. The van der Waals surface area contributed by atoms with E-state index in [2.05, 4.69) is 5.32 Å². The highest BCUT2D eigenvalue weighted by Gasteiger charge is 2.38. The first kappa shape index (κ1) is 16.9. The van der Waals surface area contributed by atoms with Crippen LogP contribution in [0, 0.1) is 17.8 Å². The fraction of sp³-hybridized carbons (Fsp3) is 1.00. The molecular formula is C16H29Cl2NO. The van der Waals surface area contributed by atoms with Crippen LogP contribution in [0.25, 0.3) is 0 Å². The van der Waals surface area contributed by atoms with Gasteiger partial charge in [0.05, 0.1) is 11.5 Å². The summed E-state index contributed by atoms with van der Waals surface area (Å²) in [4.78, 5) is 0. The van der Waals surface area contributed by atoms with E-state index in [1.807, 2.05) is 7.05 Å². The van der Waals surface area contributed by atoms with Crippen LogP contribution >= 0.6 is 23.2 Å². The summed E-state index contributed by atoms with van der Waals surface area (Å²) in [5.41, 5.74) is 0. The molecule has 2 aliphatic carbocycles. The number of hydrogen-bond donors (Lipinski definition) is 2. The van der Waals surface area contributed by atoms with Crippen LogP contribution in [0.3, 0.4) is 0 Å². The smallest absolute Gasteiger partial charge is 0.0611 e. The van der Waals surface area contributed by atoms with Crippen LogP contribution < -0.4 is 5.32 Å². The summed E-state index contributed by atoms with van der Waals surface area (Å²) in [6, 6.07) is 0. The normalized spacial score (nSPS) is 35.7. The Bertz CT molecular complexity index is 282. The lowest BCUT2D eigenvalue weighted by molar-refractivity contribution is 0.00232. The van der Waals surface area contributed by atoms with E-state index in [0.29, 0.717) is 17.8 Å². The molecule has 0 amide bonds. The number of aliphatic hydroxyl groups excluding tert-OH is 1. The fourth-order valence-electron chi connectivity index (χ4n) is 4.12. The molecule has 0 heterocycles. The van der Waals surface area contributed by atoms with Crippen LogP contribution in [-0.4, -0.2) is 35.6 Å². The van der Waals surface area contributed by atoms with Crippen molar-refractivity contribution < 1.29 is 5.11 Å². The maximum atomic E-state index is 10.9. The molecule has 0 aromatic rings. The van der Waals surface area contributed by atoms with Crippen LogP contribution in [0.5, 0.6) is 0 Å². The maximum absolute atomic E-state index is 10.9. The molecule has 2 nitrogen and oxygen atoms in total. The number of rotatable bonds is 5.